The predicted octanol–water partition coefficient (Wildman–Crippen LogP) is 4.17. The van der Waals surface area contributed by atoms with Crippen molar-refractivity contribution in [1.82, 2.24) is 0 Å². The van der Waals surface area contributed by atoms with Crippen molar-refractivity contribution in [2.75, 3.05) is 6.54 Å². The summed E-state index contributed by atoms with van der Waals surface area (Å²) in [5.41, 5.74) is 6.20. The molecule has 1 aliphatic carbocycles. The van der Waals surface area contributed by atoms with E-state index in [2.05, 4.69) is 29.8 Å². The second-order valence-electron chi connectivity index (χ2n) is 6.80. The van der Waals surface area contributed by atoms with Crippen molar-refractivity contribution < 1.29 is 9.50 Å². The highest BCUT2D eigenvalue weighted by Crippen LogP contribution is 2.51. The molecule has 1 atom stereocenters. The molecule has 20 heavy (non-hydrogen) atoms. The largest absolute Gasteiger partial charge is 0.388 e. The first kappa shape index (κ1) is 15.9. The van der Waals surface area contributed by atoms with E-state index in [9.17, 15) is 9.50 Å². The van der Waals surface area contributed by atoms with Crippen LogP contribution in [0.4, 0.5) is 4.39 Å². The molecule has 0 aromatic heterocycles. The molecule has 1 unspecified atom stereocenters. The third-order valence-electron chi connectivity index (χ3n) is 4.84. The lowest BCUT2D eigenvalue weighted by atomic mass is 9.62. The number of aliphatic hydroxyl groups is 1. The molecule has 4 heteroatoms. The Hall–Kier alpha value is -0.450. The van der Waals surface area contributed by atoms with E-state index in [0.29, 0.717) is 16.6 Å². The highest BCUT2D eigenvalue weighted by Gasteiger charge is 2.43. The van der Waals surface area contributed by atoms with Gasteiger partial charge in [-0.3, -0.25) is 0 Å². The molecule has 1 aliphatic rings. The molecule has 1 fully saturated rings. The van der Waals surface area contributed by atoms with Crippen LogP contribution in [0.1, 0.15) is 51.2 Å². The van der Waals surface area contributed by atoms with Gasteiger partial charge in [0, 0.05) is 22.0 Å². The smallest absolute Gasteiger partial charge is 0.130 e. The van der Waals surface area contributed by atoms with Gasteiger partial charge in [-0.1, -0.05) is 35.8 Å². The SMILES string of the molecule is CC1(C)CCC(CN)(C(O)c2ccc(Br)cc2F)CC1. The first-order chi connectivity index (χ1) is 9.30. The van der Waals surface area contributed by atoms with Crippen LogP contribution < -0.4 is 5.73 Å². The van der Waals surface area contributed by atoms with E-state index < -0.39 is 11.5 Å². The molecule has 112 valence electrons. The minimum atomic E-state index is -0.836. The van der Waals surface area contributed by atoms with Gasteiger partial charge in [-0.05, 0) is 43.2 Å². The summed E-state index contributed by atoms with van der Waals surface area (Å²) in [6, 6.07) is 4.81. The Kier molecular flexibility index (Phi) is 4.57. The van der Waals surface area contributed by atoms with Crippen LogP contribution in [-0.2, 0) is 0 Å². The minimum Gasteiger partial charge on any atom is -0.388 e. The zero-order chi connectivity index (χ0) is 15.0. The molecule has 2 rings (SSSR count). The maximum absolute atomic E-state index is 14.1. The van der Waals surface area contributed by atoms with Gasteiger partial charge < -0.3 is 10.8 Å². The van der Waals surface area contributed by atoms with Gasteiger partial charge in [0.1, 0.15) is 5.82 Å². The Labute approximate surface area is 128 Å². The first-order valence-corrected chi connectivity index (χ1v) is 7.92. The summed E-state index contributed by atoms with van der Waals surface area (Å²) in [4.78, 5) is 0. The van der Waals surface area contributed by atoms with Crippen LogP contribution in [0.5, 0.6) is 0 Å². The van der Waals surface area contributed by atoms with E-state index in [0.717, 1.165) is 25.7 Å². The Balaban J connectivity index is 2.27. The van der Waals surface area contributed by atoms with Gasteiger partial charge in [0.2, 0.25) is 0 Å². The molecular weight excluding hydrogens is 321 g/mol. The maximum atomic E-state index is 14.1. The summed E-state index contributed by atoms with van der Waals surface area (Å²) in [6.45, 7) is 4.86. The van der Waals surface area contributed by atoms with Crippen LogP contribution in [0, 0.1) is 16.6 Å². The van der Waals surface area contributed by atoms with Gasteiger partial charge in [-0.15, -0.1) is 0 Å². The molecule has 0 radical (unpaired) electrons. The zero-order valence-electron chi connectivity index (χ0n) is 12.1. The molecule has 0 amide bonds. The molecular formula is C16H23BrFNO. The van der Waals surface area contributed by atoms with E-state index in [1.54, 1.807) is 12.1 Å². The van der Waals surface area contributed by atoms with Gasteiger partial charge in [-0.25, -0.2) is 4.39 Å². The lowest BCUT2D eigenvalue weighted by molar-refractivity contribution is -0.0253. The van der Waals surface area contributed by atoms with Crippen LogP contribution in [0.25, 0.3) is 0 Å². The fourth-order valence-electron chi connectivity index (χ4n) is 3.07. The third-order valence-corrected chi connectivity index (χ3v) is 5.34. The van der Waals surface area contributed by atoms with Crippen LogP contribution in [-0.4, -0.2) is 11.7 Å². The van der Waals surface area contributed by atoms with E-state index in [1.807, 2.05) is 0 Å². The Morgan fingerprint density at radius 1 is 1.30 bits per heavy atom. The van der Waals surface area contributed by atoms with Crippen LogP contribution >= 0.6 is 15.9 Å². The summed E-state index contributed by atoms with van der Waals surface area (Å²) in [5, 5.41) is 10.7. The third kappa shape index (κ3) is 3.07. The van der Waals surface area contributed by atoms with Gasteiger partial charge in [-0.2, -0.15) is 0 Å². The predicted molar refractivity (Wildman–Crippen MR) is 82.8 cm³/mol. The monoisotopic (exact) mass is 343 g/mol. The van der Waals surface area contributed by atoms with Gasteiger partial charge in [0.25, 0.3) is 0 Å². The zero-order valence-corrected chi connectivity index (χ0v) is 13.7. The first-order valence-electron chi connectivity index (χ1n) is 7.13. The van der Waals surface area contributed by atoms with Crippen LogP contribution in [0.3, 0.4) is 0 Å². The summed E-state index contributed by atoms with van der Waals surface area (Å²) < 4.78 is 14.8. The molecule has 3 N–H and O–H groups in total. The molecule has 0 spiro atoms. The average Bonchev–Trinajstić information content (AvgIpc) is 2.39. The second-order valence-corrected chi connectivity index (χ2v) is 7.71. The van der Waals surface area contributed by atoms with Crippen molar-refractivity contribution in [1.29, 1.82) is 0 Å². The summed E-state index contributed by atoms with van der Waals surface area (Å²) in [6.07, 6.45) is 2.87. The van der Waals surface area contributed by atoms with Crippen molar-refractivity contribution in [3.63, 3.8) is 0 Å². The fraction of sp³-hybridized carbons (Fsp3) is 0.625. The molecule has 1 saturated carbocycles. The van der Waals surface area contributed by atoms with Crippen molar-refractivity contribution in [3.8, 4) is 0 Å². The molecule has 0 bridgehead atoms. The normalized spacial score (nSPS) is 22.5. The Bertz CT molecular complexity index is 479. The Morgan fingerprint density at radius 3 is 2.40 bits per heavy atom. The van der Waals surface area contributed by atoms with E-state index in [-0.39, 0.29) is 11.2 Å². The van der Waals surface area contributed by atoms with Gasteiger partial charge in [0.15, 0.2) is 0 Å². The quantitative estimate of drug-likeness (QED) is 0.865. The summed E-state index contributed by atoms with van der Waals surface area (Å²) in [7, 11) is 0. The number of aliphatic hydroxyl groups excluding tert-OH is 1. The molecule has 2 nitrogen and oxygen atoms in total. The fourth-order valence-corrected chi connectivity index (χ4v) is 3.40. The Morgan fingerprint density at radius 2 is 1.90 bits per heavy atom. The van der Waals surface area contributed by atoms with E-state index >= 15 is 0 Å². The molecule has 1 aromatic rings. The van der Waals surface area contributed by atoms with Crippen LogP contribution in [0.2, 0.25) is 0 Å². The standard InChI is InChI=1S/C16H23BrFNO/c1-15(2)5-7-16(10-19,8-6-15)14(20)12-4-3-11(17)9-13(12)18/h3-4,9,14,20H,5-8,10,19H2,1-2H3. The van der Waals surface area contributed by atoms with E-state index in [4.69, 9.17) is 5.73 Å². The lowest BCUT2D eigenvalue weighted by Gasteiger charge is -2.45. The molecule has 0 saturated heterocycles. The topological polar surface area (TPSA) is 46.2 Å². The number of hydrogen-bond donors (Lipinski definition) is 2. The number of rotatable bonds is 3. The second kappa shape index (κ2) is 5.74. The highest BCUT2D eigenvalue weighted by atomic mass is 79.9. The molecule has 1 aromatic carbocycles. The highest BCUT2D eigenvalue weighted by molar-refractivity contribution is 9.10. The molecule has 0 aliphatic heterocycles. The number of halogens is 2. The van der Waals surface area contributed by atoms with Gasteiger partial charge >= 0.3 is 0 Å². The van der Waals surface area contributed by atoms with Crippen molar-refractivity contribution in [2.24, 2.45) is 16.6 Å². The van der Waals surface area contributed by atoms with E-state index in [1.165, 1.54) is 6.07 Å². The molecule has 0 heterocycles. The van der Waals surface area contributed by atoms with Crippen LogP contribution in [0.15, 0.2) is 22.7 Å². The summed E-state index contributed by atoms with van der Waals surface area (Å²) in [5.74, 6) is -0.371. The van der Waals surface area contributed by atoms with Crippen molar-refractivity contribution >= 4 is 15.9 Å². The average molecular weight is 344 g/mol. The number of hydrogen-bond acceptors (Lipinski definition) is 2. The van der Waals surface area contributed by atoms with Crippen molar-refractivity contribution in [3.05, 3.63) is 34.1 Å². The van der Waals surface area contributed by atoms with Gasteiger partial charge in [0.05, 0.1) is 6.10 Å². The lowest BCUT2D eigenvalue weighted by Crippen LogP contribution is -2.42. The number of benzene rings is 1. The van der Waals surface area contributed by atoms with Crippen molar-refractivity contribution in [2.45, 2.75) is 45.6 Å². The summed E-state index contributed by atoms with van der Waals surface area (Å²) >= 11 is 3.24. The minimum absolute atomic E-state index is 0.288. The maximum Gasteiger partial charge on any atom is 0.130 e. The number of nitrogens with two attached hydrogens (primary N) is 1.